The van der Waals surface area contributed by atoms with Gasteiger partial charge in [-0.05, 0) is 65.6 Å². The summed E-state index contributed by atoms with van der Waals surface area (Å²) in [6.07, 6.45) is 9.28. The molecule has 3 rings (SSSR count). The summed E-state index contributed by atoms with van der Waals surface area (Å²) < 4.78 is 10.9. The Hall–Kier alpha value is -3.86. The Bertz CT molecular complexity index is 1010. The van der Waals surface area contributed by atoms with E-state index in [2.05, 4.69) is 16.9 Å². The van der Waals surface area contributed by atoms with Gasteiger partial charge >= 0.3 is 0 Å². The van der Waals surface area contributed by atoms with Gasteiger partial charge in [-0.3, -0.25) is 9.78 Å². The quantitative estimate of drug-likeness (QED) is 0.410. The number of aromatic nitrogens is 1. The maximum Gasteiger partial charge on any atom is 0.248 e. The fourth-order valence-corrected chi connectivity index (χ4v) is 2.85. The van der Waals surface area contributed by atoms with Gasteiger partial charge in [-0.2, -0.15) is 0 Å². The predicted octanol–water partition coefficient (Wildman–Crippen LogP) is 4.90. The number of carbonyl (C=O) groups is 1. The number of rotatable bonds is 9. The third-order valence-electron chi connectivity index (χ3n) is 4.35. The van der Waals surface area contributed by atoms with E-state index in [-0.39, 0.29) is 5.91 Å². The third-order valence-corrected chi connectivity index (χ3v) is 4.35. The van der Waals surface area contributed by atoms with Crippen molar-refractivity contribution in [2.24, 2.45) is 0 Å². The molecule has 152 valence electrons. The highest BCUT2D eigenvalue weighted by Crippen LogP contribution is 2.28. The largest absolute Gasteiger partial charge is 0.493 e. The van der Waals surface area contributed by atoms with Crippen LogP contribution < -0.4 is 14.8 Å². The molecule has 30 heavy (non-hydrogen) atoms. The second kappa shape index (κ2) is 10.6. The fraction of sp³-hybridized carbons (Fsp3) is 0.120. The summed E-state index contributed by atoms with van der Waals surface area (Å²) in [6, 6.07) is 17.3. The lowest BCUT2D eigenvalue weighted by molar-refractivity contribution is -0.111. The molecule has 1 N–H and O–H groups in total. The van der Waals surface area contributed by atoms with E-state index < -0.39 is 0 Å². The minimum atomic E-state index is -0.206. The number of nitrogens with one attached hydrogen (secondary N) is 1. The average Bonchev–Trinajstić information content (AvgIpc) is 2.78. The first-order chi connectivity index (χ1) is 14.7. The second-order valence-electron chi connectivity index (χ2n) is 6.56. The molecule has 0 spiro atoms. The number of amides is 1. The number of hydrogen-bond acceptors (Lipinski definition) is 4. The van der Waals surface area contributed by atoms with Crippen molar-refractivity contribution in [3.8, 4) is 11.5 Å². The molecule has 1 amide bonds. The maximum atomic E-state index is 12.3. The molecule has 0 radical (unpaired) electrons. The molecule has 0 unspecified atom stereocenters. The lowest BCUT2D eigenvalue weighted by atomic mass is 10.1. The smallest absolute Gasteiger partial charge is 0.248 e. The highest BCUT2D eigenvalue weighted by molar-refractivity contribution is 6.01. The average molecular weight is 400 g/mol. The van der Waals surface area contributed by atoms with E-state index >= 15 is 0 Å². The van der Waals surface area contributed by atoms with Gasteiger partial charge in [0.15, 0.2) is 11.5 Å². The number of benzene rings is 2. The van der Waals surface area contributed by atoms with Gasteiger partial charge in [0.25, 0.3) is 0 Å². The summed E-state index contributed by atoms with van der Waals surface area (Å²) in [6.45, 7) is 4.03. The Morgan fingerprint density at radius 2 is 1.77 bits per heavy atom. The first-order valence-electron chi connectivity index (χ1n) is 9.56. The van der Waals surface area contributed by atoms with E-state index in [1.54, 1.807) is 37.7 Å². The molecule has 0 aliphatic rings. The van der Waals surface area contributed by atoms with Gasteiger partial charge < -0.3 is 14.8 Å². The molecule has 0 aliphatic heterocycles. The normalized spacial score (nSPS) is 10.6. The van der Waals surface area contributed by atoms with E-state index in [4.69, 9.17) is 9.47 Å². The summed E-state index contributed by atoms with van der Waals surface area (Å²) in [5, 5.41) is 2.87. The third kappa shape index (κ3) is 6.07. The molecule has 0 bridgehead atoms. The van der Waals surface area contributed by atoms with Crippen LogP contribution in [0.1, 0.15) is 16.7 Å². The lowest BCUT2D eigenvalue weighted by Crippen LogP contribution is -2.07. The van der Waals surface area contributed by atoms with Gasteiger partial charge in [0.05, 0.1) is 7.11 Å². The van der Waals surface area contributed by atoms with Gasteiger partial charge in [0.1, 0.15) is 6.61 Å². The summed E-state index contributed by atoms with van der Waals surface area (Å²) >= 11 is 0. The fourth-order valence-electron chi connectivity index (χ4n) is 2.85. The van der Waals surface area contributed by atoms with Crippen LogP contribution in [0, 0.1) is 0 Å². The molecule has 2 aromatic carbocycles. The van der Waals surface area contributed by atoms with Gasteiger partial charge in [0.2, 0.25) is 5.91 Å². The zero-order valence-electron chi connectivity index (χ0n) is 16.9. The van der Waals surface area contributed by atoms with Crippen LogP contribution >= 0.6 is 0 Å². The monoisotopic (exact) mass is 400 g/mol. The van der Waals surface area contributed by atoms with Crippen molar-refractivity contribution in [2.75, 3.05) is 19.0 Å². The molecule has 0 atom stereocenters. The number of pyridine rings is 1. The molecule has 5 heteroatoms. The zero-order valence-corrected chi connectivity index (χ0v) is 16.9. The van der Waals surface area contributed by atoms with Crippen LogP contribution in [0.4, 0.5) is 5.69 Å². The van der Waals surface area contributed by atoms with Gasteiger partial charge in [-0.1, -0.05) is 30.9 Å². The first kappa shape index (κ1) is 20.9. The number of methoxy groups -OCH3 is 1. The SMILES string of the molecule is C=CCOc1ccc(/C=C/C(=O)Nc2ccc(Cc3ccncc3)cc2)cc1OC. The molecule has 0 saturated heterocycles. The highest BCUT2D eigenvalue weighted by Gasteiger charge is 2.05. The van der Waals surface area contributed by atoms with Crippen LogP contribution in [0.3, 0.4) is 0 Å². The number of anilines is 1. The van der Waals surface area contributed by atoms with Crippen LogP contribution in [0.15, 0.2) is 85.7 Å². The van der Waals surface area contributed by atoms with Crippen LogP contribution in [-0.4, -0.2) is 24.6 Å². The van der Waals surface area contributed by atoms with Crippen LogP contribution in [0.25, 0.3) is 6.08 Å². The molecule has 1 heterocycles. The highest BCUT2D eigenvalue weighted by atomic mass is 16.5. The molecule has 3 aromatic rings. The number of hydrogen-bond donors (Lipinski definition) is 1. The molecule has 5 nitrogen and oxygen atoms in total. The van der Waals surface area contributed by atoms with E-state index in [0.717, 1.165) is 17.7 Å². The number of carbonyl (C=O) groups excluding carboxylic acids is 1. The van der Waals surface area contributed by atoms with Crippen LogP contribution in [0.2, 0.25) is 0 Å². The molecule has 0 saturated carbocycles. The van der Waals surface area contributed by atoms with Crippen molar-refractivity contribution < 1.29 is 14.3 Å². The topological polar surface area (TPSA) is 60.5 Å². The van der Waals surface area contributed by atoms with E-state index in [1.807, 2.05) is 48.5 Å². The number of nitrogens with zero attached hydrogens (tertiary/aromatic N) is 1. The molecule has 0 aliphatic carbocycles. The lowest BCUT2D eigenvalue weighted by Gasteiger charge is -2.09. The van der Waals surface area contributed by atoms with Gasteiger partial charge in [0, 0.05) is 24.2 Å². The summed E-state index contributed by atoms with van der Waals surface area (Å²) in [4.78, 5) is 16.3. The van der Waals surface area contributed by atoms with Crippen molar-refractivity contribution in [3.05, 3.63) is 102 Å². The standard InChI is InChI=1S/C25H24N2O3/c1-3-16-30-23-10-6-20(18-24(23)29-2)7-11-25(28)27-22-8-4-19(5-9-22)17-21-12-14-26-15-13-21/h3-15,18H,1,16-17H2,2H3,(H,27,28)/b11-7+. The Balaban J connectivity index is 1.58. The Kier molecular flexibility index (Phi) is 7.39. The molecular weight excluding hydrogens is 376 g/mol. The van der Waals surface area contributed by atoms with Crippen molar-refractivity contribution in [2.45, 2.75) is 6.42 Å². The molecule has 0 fully saturated rings. The van der Waals surface area contributed by atoms with Gasteiger partial charge in [-0.15, -0.1) is 0 Å². The van der Waals surface area contributed by atoms with Crippen molar-refractivity contribution >= 4 is 17.7 Å². The van der Waals surface area contributed by atoms with E-state index in [0.29, 0.717) is 18.1 Å². The van der Waals surface area contributed by atoms with Crippen molar-refractivity contribution in [3.63, 3.8) is 0 Å². The van der Waals surface area contributed by atoms with Crippen LogP contribution in [-0.2, 0) is 11.2 Å². The Morgan fingerprint density at radius 1 is 1.03 bits per heavy atom. The minimum absolute atomic E-state index is 0.206. The predicted molar refractivity (Wildman–Crippen MR) is 120 cm³/mol. The summed E-state index contributed by atoms with van der Waals surface area (Å²) in [5.74, 6) is 1.03. The summed E-state index contributed by atoms with van der Waals surface area (Å²) in [5.41, 5.74) is 3.94. The Morgan fingerprint density at radius 3 is 2.47 bits per heavy atom. The Labute approximate surface area is 176 Å². The molecule has 1 aromatic heterocycles. The summed E-state index contributed by atoms with van der Waals surface area (Å²) in [7, 11) is 1.58. The maximum absolute atomic E-state index is 12.3. The zero-order chi connectivity index (χ0) is 21.2. The van der Waals surface area contributed by atoms with Gasteiger partial charge in [-0.25, -0.2) is 0 Å². The minimum Gasteiger partial charge on any atom is -0.493 e. The van der Waals surface area contributed by atoms with E-state index in [1.165, 1.54) is 17.2 Å². The first-order valence-corrected chi connectivity index (χ1v) is 9.56. The van der Waals surface area contributed by atoms with Crippen molar-refractivity contribution in [1.29, 1.82) is 0 Å². The second-order valence-corrected chi connectivity index (χ2v) is 6.56. The van der Waals surface area contributed by atoms with E-state index in [9.17, 15) is 4.79 Å². The molecular formula is C25H24N2O3. The van der Waals surface area contributed by atoms with Crippen LogP contribution in [0.5, 0.6) is 11.5 Å². The van der Waals surface area contributed by atoms with Crippen molar-refractivity contribution in [1.82, 2.24) is 4.98 Å². The number of ether oxygens (including phenoxy) is 2.